The molecule has 0 aliphatic rings. The van der Waals surface area contributed by atoms with Crippen LogP contribution in [0.1, 0.15) is 26.4 Å². The molecule has 13 heteroatoms. The number of pyridine rings is 1. The van der Waals surface area contributed by atoms with Gasteiger partial charge in [-0.1, -0.05) is 18.2 Å². The van der Waals surface area contributed by atoms with Gasteiger partial charge in [0.25, 0.3) is 17.4 Å². The maximum absolute atomic E-state index is 12.9. The highest BCUT2D eigenvalue weighted by atomic mass is 32.2. The summed E-state index contributed by atoms with van der Waals surface area (Å²) < 4.78 is 33.4. The zero-order chi connectivity index (χ0) is 25.7. The van der Waals surface area contributed by atoms with Gasteiger partial charge in [0.2, 0.25) is 10.0 Å². The lowest BCUT2D eigenvalue weighted by atomic mass is 10.1. The summed E-state index contributed by atoms with van der Waals surface area (Å²) in [5.74, 6) is -1.54. The fourth-order valence-corrected chi connectivity index (χ4v) is 4.53. The first-order valence-electron chi connectivity index (χ1n) is 10.4. The Morgan fingerprint density at radius 3 is 2.39 bits per heavy atom. The zero-order valence-corrected chi connectivity index (χ0v) is 19.6. The van der Waals surface area contributed by atoms with Crippen LogP contribution in [0.15, 0.2) is 76.7 Å². The van der Waals surface area contributed by atoms with E-state index in [0.29, 0.717) is 10.9 Å². The Hall–Kier alpha value is -4.62. The van der Waals surface area contributed by atoms with E-state index >= 15 is 0 Å². The highest BCUT2D eigenvalue weighted by Crippen LogP contribution is 2.25. The maximum atomic E-state index is 12.9. The van der Waals surface area contributed by atoms with Crippen LogP contribution < -0.4 is 25.9 Å². The van der Waals surface area contributed by atoms with Crippen molar-refractivity contribution in [1.29, 1.82) is 0 Å². The summed E-state index contributed by atoms with van der Waals surface area (Å²) in [7, 11) is -2.76. The van der Waals surface area contributed by atoms with Crippen molar-refractivity contribution in [2.45, 2.75) is 11.4 Å². The second-order valence-corrected chi connectivity index (χ2v) is 9.14. The average molecular weight is 509 g/mol. The highest BCUT2D eigenvalue weighted by molar-refractivity contribution is 7.89. The van der Waals surface area contributed by atoms with Gasteiger partial charge in [-0.15, -0.1) is 0 Å². The van der Waals surface area contributed by atoms with Crippen LogP contribution in [0.2, 0.25) is 0 Å². The van der Waals surface area contributed by atoms with Crippen molar-refractivity contribution < 1.29 is 22.7 Å². The van der Waals surface area contributed by atoms with Gasteiger partial charge in [0, 0.05) is 29.9 Å². The van der Waals surface area contributed by atoms with Gasteiger partial charge in [-0.3, -0.25) is 30.2 Å². The number of sulfonamides is 1. The van der Waals surface area contributed by atoms with Crippen molar-refractivity contribution in [3.63, 3.8) is 0 Å². The number of hydrogen-bond acceptors (Lipinski definition) is 8. The van der Waals surface area contributed by atoms with E-state index < -0.39 is 27.4 Å². The number of benzene rings is 2. The van der Waals surface area contributed by atoms with E-state index in [0.717, 1.165) is 6.07 Å². The third-order valence-corrected chi connectivity index (χ3v) is 6.55. The predicted octanol–water partition coefficient (Wildman–Crippen LogP) is 0.880. The SMILES string of the molecule is COc1ccc(C(=O)NNC(=O)c2n[nH]c(=O)c3ccccc23)cc1S(=O)(=O)NCc1ccncc1. The smallest absolute Gasteiger partial charge is 0.290 e. The molecule has 0 radical (unpaired) electrons. The van der Waals surface area contributed by atoms with Crippen LogP contribution >= 0.6 is 0 Å². The number of rotatable bonds is 7. The van der Waals surface area contributed by atoms with Gasteiger partial charge in [-0.25, -0.2) is 18.2 Å². The lowest BCUT2D eigenvalue weighted by molar-refractivity contribution is 0.0844. The lowest BCUT2D eigenvalue weighted by Crippen LogP contribution is -2.42. The quantitative estimate of drug-likeness (QED) is 0.266. The van der Waals surface area contributed by atoms with Crippen LogP contribution in [0, 0.1) is 0 Å². The van der Waals surface area contributed by atoms with E-state index in [9.17, 15) is 22.8 Å². The molecule has 0 fully saturated rings. The van der Waals surface area contributed by atoms with Crippen molar-refractivity contribution in [3.05, 3.63) is 94.2 Å². The van der Waals surface area contributed by atoms with Gasteiger partial charge in [0.15, 0.2) is 5.69 Å². The number of hydrogen-bond donors (Lipinski definition) is 4. The summed E-state index contributed by atoms with van der Waals surface area (Å²) in [6.07, 6.45) is 3.07. The Kier molecular flexibility index (Phi) is 7.03. The average Bonchev–Trinajstić information content (AvgIpc) is 2.91. The first-order valence-corrected chi connectivity index (χ1v) is 11.9. The minimum atomic E-state index is -4.07. The number of nitrogens with zero attached hydrogens (tertiary/aromatic N) is 2. The van der Waals surface area contributed by atoms with Gasteiger partial charge in [-0.2, -0.15) is 5.10 Å². The molecule has 0 bridgehead atoms. The number of aromatic nitrogens is 3. The second kappa shape index (κ2) is 10.3. The van der Waals surface area contributed by atoms with Crippen molar-refractivity contribution in [1.82, 2.24) is 30.8 Å². The van der Waals surface area contributed by atoms with E-state index in [4.69, 9.17) is 4.74 Å². The summed E-state index contributed by atoms with van der Waals surface area (Å²) in [6.45, 7) is 0.000608. The van der Waals surface area contributed by atoms with Crippen LogP contribution in [-0.4, -0.2) is 42.5 Å². The minimum absolute atomic E-state index is 0.000608. The number of carbonyl (C=O) groups is 2. The van der Waals surface area contributed by atoms with E-state index in [1.165, 1.54) is 37.7 Å². The predicted molar refractivity (Wildman–Crippen MR) is 129 cm³/mol. The van der Waals surface area contributed by atoms with Gasteiger partial charge < -0.3 is 4.74 Å². The molecule has 0 unspecified atom stereocenters. The highest BCUT2D eigenvalue weighted by Gasteiger charge is 2.22. The minimum Gasteiger partial charge on any atom is -0.495 e. The molecule has 4 rings (SSSR count). The topological polar surface area (TPSA) is 172 Å². The van der Waals surface area contributed by atoms with E-state index in [1.54, 1.807) is 30.3 Å². The molecule has 0 atom stereocenters. The Morgan fingerprint density at radius 1 is 0.972 bits per heavy atom. The zero-order valence-electron chi connectivity index (χ0n) is 18.8. The molecule has 0 saturated carbocycles. The summed E-state index contributed by atoms with van der Waals surface area (Å²) in [5.41, 5.74) is 4.50. The summed E-state index contributed by atoms with van der Waals surface area (Å²) in [6, 6.07) is 13.5. The summed E-state index contributed by atoms with van der Waals surface area (Å²) in [4.78, 5) is 40.8. The van der Waals surface area contributed by atoms with Gasteiger partial charge in [0.1, 0.15) is 10.6 Å². The molecular formula is C23H20N6O6S. The van der Waals surface area contributed by atoms with Crippen LogP contribution in [0.25, 0.3) is 10.8 Å². The first kappa shape index (κ1) is 24.5. The molecule has 4 aromatic rings. The molecule has 2 heterocycles. The molecule has 0 saturated heterocycles. The van der Waals surface area contributed by atoms with Crippen LogP contribution in [-0.2, 0) is 16.6 Å². The number of H-pyrrole nitrogens is 1. The molecule has 0 aliphatic carbocycles. The van der Waals surface area contributed by atoms with Crippen molar-refractivity contribution in [2.75, 3.05) is 7.11 Å². The lowest BCUT2D eigenvalue weighted by Gasteiger charge is -2.13. The van der Waals surface area contributed by atoms with Crippen LogP contribution in [0.4, 0.5) is 0 Å². The molecular weight excluding hydrogens is 488 g/mol. The normalized spacial score (nSPS) is 11.1. The molecule has 12 nitrogen and oxygen atoms in total. The van der Waals surface area contributed by atoms with Gasteiger partial charge >= 0.3 is 0 Å². The third kappa shape index (κ3) is 5.21. The van der Waals surface area contributed by atoms with E-state index in [2.05, 4.69) is 30.8 Å². The standard InChI is InChI=1S/C23H20N6O6S/c1-35-18-7-6-15(12-19(18)36(33,34)25-13-14-8-10-24-11-9-14)21(30)27-29-23(32)20-16-4-2-3-5-17(16)22(31)28-26-20/h2-12,25H,13H2,1H3,(H,27,30)(H,28,31)(H,29,32). The fourth-order valence-electron chi connectivity index (χ4n) is 3.32. The Labute approximate surface area is 204 Å². The first-order chi connectivity index (χ1) is 17.3. The molecule has 36 heavy (non-hydrogen) atoms. The van der Waals surface area contributed by atoms with Crippen molar-refractivity contribution in [3.8, 4) is 5.75 Å². The van der Waals surface area contributed by atoms with Crippen molar-refractivity contribution >= 4 is 32.6 Å². The van der Waals surface area contributed by atoms with Crippen LogP contribution in [0.3, 0.4) is 0 Å². The van der Waals surface area contributed by atoms with Gasteiger partial charge in [0.05, 0.1) is 12.5 Å². The summed E-state index contributed by atoms with van der Waals surface area (Å²) >= 11 is 0. The Bertz CT molecular complexity index is 1600. The Morgan fingerprint density at radius 2 is 1.67 bits per heavy atom. The molecule has 4 N–H and O–H groups in total. The number of methoxy groups -OCH3 is 1. The monoisotopic (exact) mass is 508 g/mol. The number of hydrazine groups is 1. The molecule has 0 spiro atoms. The van der Waals surface area contributed by atoms with E-state index in [1.807, 2.05) is 0 Å². The van der Waals surface area contributed by atoms with Crippen LogP contribution in [0.5, 0.6) is 5.75 Å². The molecule has 0 aliphatic heterocycles. The third-order valence-electron chi connectivity index (χ3n) is 5.13. The van der Waals surface area contributed by atoms with E-state index in [-0.39, 0.29) is 33.8 Å². The number of carbonyl (C=O) groups excluding carboxylic acids is 2. The molecule has 2 aromatic heterocycles. The van der Waals surface area contributed by atoms with Gasteiger partial charge in [-0.05, 0) is 42.0 Å². The molecule has 2 aromatic carbocycles. The number of amides is 2. The second-order valence-electron chi connectivity index (χ2n) is 7.40. The molecule has 2 amide bonds. The number of aromatic amines is 1. The number of fused-ring (bicyclic) bond motifs is 1. The Balaban J connectivity index is 1.51. The number of ether oxygens (including phenoxy) is 1. The summed E-state index contributed by atoms with van der Waals surface area (Å²) in [5, 5.41) is 6.55. The largest absolute Gasteiger partial charge is 0.495 e. The van der Waals surface area contributed by atoms with Crippen molar-refractivity contribution in [2.24, 2.45) is 0 Å². The number of nitrogens with one attached hydrogen (secondary N) is 4. The molecule has 184 valence electrons. The fraction of sp³-hybridized carbons (Fsp3) is 0.0870. The maximum Gasteiger partial charge on any atom is 0.290 e.